The standard InChI is InChI=1S/C26H24N4OS/c1-18-5-3-6-20(13-18)24-15-25(29-17-28-24)30-22-8-4-7-21(14-22)26(31)27-16-19-9-11-23(32-2)12-10-19/h3-15,17H,16H2,1-2H3,(H,27,31)(H,28,29,30). The predicted molar refractivity (Wildman–Crippen MR) is 131 cm³/mol. The molecule has 4 aromatic rings. The molecule has 0 fully saturated rings. The number of carbonyl (C=O) groups excluding carboxylic acids is 1. The highest BCUT2D eigenvalue weighted by Gasteiger charge is 2.08. The van der Waals surface area contributed by atoms with Gasteiger partial charge in [-0.3, -0.25) is 4.79 Å². The summed E-state index contributed by atoms with van der Waals surface area (Å²) in [7, 11) is 0. The van der Waals surface area contributed by atoms with Crippen LogP contribution >= 0.6 is 11.8 Å². The lowest BCUT2D eigenvalue weighted by molar-refractivity contribution is 0.0951. The van der Waals surface area contributed by atoms with Gasteiger partial charge < -0.3 is 10.6 Å². The SMILES string of the molecule is CSc1ccc(CNC(=O)c2cccc(Nc3cc(-c4cccc(C)c4)ncn3)c2)cc1. The van der Waals surface area contributed by atoms with E-state index in [1.807, 2.05) is 54.8 Å². The van der Waals surface area contributed by atoms with E-state index in [1.54, 1.807) is 24.2 Å². The van der Waals surface area contributed by atoms with Crippen LogP contribution in [0.5, 0.6) is 0 Å². The van der Waals surface area contributed by atoms with Crippen molar-refractivity contribution in [2.24, 2.45) is 0 Å². The maximum atomic E-state index is 12.6. The lowest BCUT2D eigenvalue weighted by atomic mass is 10.1. The summed E-state index contributed by atoms with van der Waals surface area (Å²) < 4.78 is 0. The van der Waals surface area contributed by atoms with Crippen LogP contribution in [0.2, 0.25) is 0 Å². The fourth-order valence-electron chi connectivity index (χ4n) is 3.30. The van der Waals surface area contributed by atoms with Gasteiger partial charge in [0.1, 0.15) is 12.1 Å². The van der Waals surface area contributed by atoms with E-state index in [2.05, 4.69) is 51.8 Å². The van der Waals surface area contributed by atoms with E-state index < -0.39 is 0 Å². The molecule has 4 rings (SSSR count). The first-order chi connectivity index (χ1) is 15.6. The van der Waals surface area contributed by atoms with Crippen molar-refractivity contribution in [1.29, 1.82) is 0 Å². The summed E-state index contributed by atoms with van der Waals surface area (Å²) in [5.41, 5.74) is 5.49. The summed E-state index contributed by atoms with van der Waals surface area (Å²) in [6.45, 7) is 2.54. The topological polar surface area (TPSA) is 66.9 Å². The number of carbonyl (C=O) groups is 1. The molecule has 0 spiro atoms. The molecule has 0 bridgehead atoms. The third kappa shape index (κ3) is 5.53. The Morgan fingerprint density at radius 1 is 0.938 bits per heavy atom. The van der Waals surface area contributed by atoms with Crippen molar-refractivity contribution in [2.45, 2.75) is 18.4 Å². The zero-order valence-corrected chi connectivity index (χ0v) is 18.8. The molecule has 0 atom stereocenters. The van der Waals surface area contributed by atoms with Gasteiger partial charge in [-0.2, -0.15) is 0 Å². The summed E-state index contributed by atoms with van der Waals surface area (Å²) in [4.78, 5) is 22.6. The van der Waals surface area contributed by atoms with Crippen LogP contribution in [0, 0.1) is 6.92 Å². The van der Waals surface area contributed by atoms with Gasteiger partial charge in [-0.25, -0.2) is 9.97 Å². The van der Waals surface area contributed by atoms with Crippen LogP contribution in [0.1, 0.15) is 21.5 Å². The number of hydrogen-bond acceptors (Lipinski definition) is 5. The molecule has 0 radical (unpaired) electrons. The van der Waals surface area contributed by atoms with Crippen molar-refractivity contribution in [2.75, 3.05) is 11.6 Å². The third-order valence-electron chi connectivity index (χ3n) is 4.99. The minimum atomic E-state index is -0.120. The molecule has 0 aliphatic carbocycles. The fourth-order valence-corrected chi connectivity index (χ4v) is 3.71. The van der Waals surface area contributed by atoms with Crippen molar-refractivity contribution in [3.63, 3.8) is 0 Å². The van der Waals surface area contributed by atoms with Gasteiger partial charge in [0.25, 0.3) is 5.91 Å². The van der Waals surface area contributed by atoms with E-state index in [9.17, 15) is 4.79 Å². The Balaban J connectivity index is 1.43. The Morgan fingerprint density at radius 3 is 2.53 bits per heavy atom. The summed E-state index contributed by atoms with van der Waals surface area (Å²) in [6, 6.07) is 25.7. The van der Waals surface area contributed by atoms with E-state index in [0.717, 1.165) is 22.5 Å². The first-order valence-corrected chi connectivity index (χ1v) is 11.5. The minimum absolute atomic E-state index is 0.120. The maximum Gasteiger partial charge on any atom is 0.251 e. The predicted octanol–water partition coefficient (Wildman–Crippen LogP) is 5.85. The van der Waals surface area contributed by atoms with Gasteiger partial charge in [0, 0.05) is 34.3 Å². The summed E-state index contributed by atoms with van der Waals surface area (Å²) in [5, 5.41) is 6.26. The summed E-state index contributed by atoms with van der Waals surface area (Å²) in [6.07, 6.45) is 3.58. The molecule has 160 valence electrons. The van der Waals surface area contributed by atoms with Gasteiger partial charge in [-0.05, 0) is 55.1 Å². The van der Waals surface area contributed by atoms with E-state index in [0.29, 0.717) is 17.9 Å². The van der Waals surface area contributed by atoms with Gasteiger partial charge in [0.05, 0.1) is 5.69 Å². The molecule has 0 aliphatic rings. The van der Waals surface area contributed by atoms with Crippen molar-refractivity contribution >= 4 is 29.2 Å². The Bertz CT molecular complexity index is 1220. The summed E-state index contributed by atoms with van der Waals surface area (Å²) >= 11 is 1.70. The molecule has 0 saturated heterocycles. The van der Waals surface area contributed by atoms with Gasteiger partial charge in [0.2, 0.25) is 0 Å². The van der Waals surface area contributed by atoms with E-state index in [-0.39, 0.29) is 5.91 Å². The van der Waals surface area contributed by atoms with Gasteiger partial charge >= 0.3 is 0 Å². The molecule has 1 heterocycles. The number of aryl methyl sites for hydroxylation is 1. The molecule has 6 heteroatoms. The van der Waals surface area contributed by atoms with Crippen LogP contribution < -0.4 is 10.6 Å². The van der Waals surface area contributed by atoms with Crippen LogP contribution in [0.4, 0.5) is 11.5 Å². The molecule has 0 unspecified atom stereocenters. The molecule has 0 saturated carbocycles. The number of thioether (sulfide) groups is 1. The Kier molecular flexibility index (Phi) is 6.82. The molecule has 1 aromatic heterocycles. The molecule has 2 N–H and O–H groups in total. The van der Waals surface area contributed by atoms with Crippen LogP contribution in [0.15, 0.2) is 90.1 Å². The van der Waals surface area contributed by atoms with Crippen molar-refractivity contribution in [3.8, 4) is 11.3 Å². The number of benzene rings is 3. The van der Waals surface area contributed by atoms with Crippen molar-refractivity contribution in [3.05, 3.63) is 102 Å². The Morgan fingerprint density at radius 2 is 1.75 bits per heavy atom. The average Bonchev–Trinajstić information content (AvgIpc) is 2.83. The number of nitrogens with one attached hydrogen (secondary N) is 2. The van der Waals surface area contributed by atoms with Crippen LogP contribution in [0.25, 0.3) is 11.3 Å². The first-order valence-electron chi connectivity index (χ1n) is 10.3. The van der Waals surface area contributed by atoms with Crippen LogP contribution in [-0.4, -0.2) is 22.1 Å². The number of rotatable bonds is 7. The number of hydrogen-bond donors (Lipinski definition) is 2. The average molecular weight is 441 g/mol. The minimum Gasteiger partial charge on any atom is -0.348 e. The number of amides is 1. The Hall–Kier alpha value is -3.64. The second-order valence-electron chi connectivity index (χ2n) is 7.39. The molecular formula is C26H24N4OS. The molecule has 1 amide bonds. The van der Waals surface area contributed by atoms with Gasteiger partial charge in [-0.1, -0.05) is 42.0 Å². The van der Waals surface area contributed by atoms with Gasteiger partial charge in [-0.15, -0.1) is 11.8 Å². The monoisotopic (exact) mass is 440 g/mol. The zero-order valence-electron chi connectivity index (χ0n) is 18.0. The second kappa shape index (κ2) is 10.1. The highest BCUT2D eigenvalue weighted by molar-refractivity contribution is 7.98. The molecule has 32 heavy (non-hydrogen) atoms. The Labute approximate surface area is 192 Å². The summed E-state index contributed by atoms with van der Waals surface area (Å²) in [5.74, 6) is 0.550. The van der Waals surface area contributed by atoms with E-state index in [4.69, 9.17) is 0 Å². The molecule has 5 nitrogen and oxygen atoms in total. The van der Waals surface area contributed by atoms with E-state index in [1.165, 1.54) is 10.5 Å². The van der Waals surface area contributed by atoms with Crippen molar-refractivity contribution < 1.29 is 4.79 Å². The normalized spacial score (nSPS) is 10.6. The zero-order chi connectivity index (χ0) is 22.3. The molecule has 3 aromatic carbocycles. The van der Waals surface area contributed by atoms with E-state index >= 15 is 0 Å². The number of aromatic nitrogens is 2. The smallest absolute Gasteiger partial charge is 0.251 e. The first kappa shape index (κ1) is 21.6. The second-order valence-corrected chi connectivity index (χ2v) is 8.27. The maximum absolute atomic E-state index is 12.6. The van der Waals surface area contributed by atoms with Crippen LogP contribution in [0.3, 0.4) is 0 Å². The largest absolute Gasteiger partial charge is 0.348 e. The van der Waals surface area contributed by atoms with Gasteiger partial charge in [0.15, 0.2) is 0 Å². The van der Waals surface area contributed by atoms with Crippen molar-refractivity contribution in [1.82, 2.24) is 15.3 Å². The molecule has 0 aliphatic heterocycles. The quantitative estimate of drug-likeness (QED) is 0.353. The number of anilines is 2. The number of nitrogens with zero attached hydrogens (tertiary/aromatic N) is 2. The highest BCUT2D eigenvalue weighted by atomic mass is 32.2. The highest BCUT2D eigenvalue weighted by Crippen LogP contribution is 2.22. The third-order valence-corrected chi connectivity index (χ3v) is 5.73. The fraction of sp³-hybridized carbons (Fsp3) is 0.115. The van der Waals surface area contributed by atoms with Crippen LogP contribution in [-0.2, 0) is 6.54 Å². The molecular weight excluding hydrogens is 416 g/mol. The lowest BCUT2D eigenvalue weighted by Crippen LogP contribution is -2.22. The lowest BCUT2D eigenvalue weighted by Gasteiger charge is -2.10.